The monoisotopic (exact) mass is 259 g/mol. The third-order valence-corrected chi connectivity index (χ3v) is 3.34. The van der Waals surface area contributed by atoms with Gasteiger partial charge in [0.2, 0.25) is 0 Å². The quantitative estimate of drug-likeness (QED) is 0.575. The van der Waals surface area contributed by atoms with Gasteiger partial charge in [0.1, 0.15) is 5.82 Å². The molecule has 0 aliphatic heterocycles. The minimum Gasteiger partial charge on any atom is -0.258 e. The van der Waals surface area contributed by atoms with Crippen LogP contribution in [0.5, 0.6) is 0 Å². The number of benzene rings is 1. The standard InChI is InChI=1S/C9H7BrFNO2/c10-9-6-3-1-2-5(6)7(11)4-8(9)12(13)14/h4H,1-3H2. The fourth-order valence-corrected chi connectivity index (χ4v) is 2.50. The Labute approximate surface area is 88.2 Å². The summed E-state index contributed by atoms with van der Waals surface area (Å²) in [5, 5.41) is 10.6. The molecule has 0 saturated carbocycles. The molecule has 5 heteroatoms. The first-order valence-corrected chi connectivity index (χ1v) is 5.04. The van der Waals surface area contributed by atoms with Gasteiger partial charge in [-0.3, -0.25) is 10.1 Å². The van der Waals surface area contributed by atoms with E-state index >= 15 is 0 Å². The van der Waals surface area contributed by atoms with Crippen molar-refractivity contribution in [3.8, 4) is 0 Å². The molecule has 0 heterocycles. The van der Waals surface area contributed by atoms with Gasteiger partial charge in [0, 0.05) is 0 Å². The fourth-order valence-electron chi connectivity index (χ4n) is 1.81. The number of rotatable bonds is 1. The highest BCUT2D eigenvalue weighted by molar-refractivity contribution is 9.10. The van der Waals surface area contributed by atoms with Crippen LogP contribution in [0.15, 0.2) is 10.5 Å². The van der Waals surface area contributed by atoms with E-state index in [0.29, 0.717) is 22.9 Å². The molecular formula is C9H7BrFNO2. The predicted molar refractivity (Wildman–Crippen MR) is 52.8 cm³/mol. The molecule has 1 aliphatic rings. The zero-order valence-electron chi connectivity index (χ0n) is 7.22. The average molecular weight is 260 g/mol. The van der Waals surface area contributed by atoms with Gasteiger partial charge in [-0.25, -0.2) is 4.39 Å². The molecule has 1 aromatic carbocycles. The van der Waals surface area contributed by atoms with Crippen LogP contribution < -0.4 is 0 Å². The third kappa shape index (κ3) is 1.32. The third-order valence-electron chi connectivity index (χ3n) is 2.46. The number of nitrogens with zero attached hydrogens (tertiary/aromatic N) is 1. The van der Waals surface area contributed by atoms with E-state index in [1.54, 1.807) is 0 Å². The molecule has 0 aromatic heterocycles. The Morgan fingerprint density at radius 1 is 1.43 bits per heavy atom. The van der Waals surface area contributed by atoms with Crippen LogP contribution in [-0.2, 0) is 12.8 Å². The zero-order chi connectivity index (χ0) is 10.3. The summed E-state index contributed by atoms with van der Waals surface area (Å²) in [6, 6.07) is 0.994. The lowest BCUT2D eigenvalue weighted by molar-refractivity contribution is -0.385. The molecule has 0 radical (unpaired) electrons. The average Bonchev–Trinajstić information content (AvgIpc) is 2.59. The second-order valence-electron chi connectivity index (χ2n) is 3.26. The van der Waals surface area contributed by atoms with Crippen LogP contribution in [0.1, 0.15) is 17.5 Å². The molecule has 0 N–H and O–H groups in total. The molecule has 0 saturated heterocycles. The smallest absolute Gasteiger partial charge is 0.258 e. The summed E-state index contributed by atoms with van der Waals surface area (Å²) in [7, 11) is 0. The first kappa shape index (κ1) is 9.58. The molecule has 1 aromatic rings. The van der Waals surface area contributed by atoms with Gasteiger partial charge in [-0.1, -0.05) is 0 Å². The maximum atomic E-state index is 13.4. The Kier molecular flexibility index (Phi) is 2.26. The molecule has 74 valence electrons. The SMILES string of the molecule is O=[N+]([O-])c1cc(F)c2c(c1Br)CCC2. The molecule has 0 spiro atoms. The molecule has 14 heavy (non-hydrogen) atoms. The Bertz CT molecular complexity index is 420. The van der Waals surface area contributed by atoms with Crippen LogP contribution in [0.25, 0.3) is 0 Å². The lowest BCUT2D eigenvalue weighted by Gasteiger charge is -2.04. The van der Waals surface area contributed by atoms with Gasteiger partial charge in [0.05, 0.1) is 15.5 Å². The fraction of sp³-hybridized carbons (Fsp3) is 0.333. The Morgan fingerprint density at radius 3 is 2.71 bits per heavy atom. The summed E-state index contributed by atoms with van der Waals surface area (Å²) in [5.74, 6) is -0.451. The van der Waals surface area contributed by atoms with Crippen LogP contribution in [0, 0.1) is 15.9 Å². The van der Waals surface area contributed by atoms with E-state index in [1.807, 2.05) is 0 Å². The van der Waals surface area contributed by atoms with Crippen molar-refractivity contribution >= 4 is 21.6 Å². The molecule has 0 atom stereocenters. The maximum absolute atomic E-state index is 13.4. The minimum absolute atomic E-state index is 0.178. The van der Waals surface area contributed by atoms with E-state index < -0.39 is 10.7 Å². The van der Waals surface area contributed by atoms with Crippen LogP contribution in [-0.4, -0.2) is 4.92 Å². The van der Waals surface area contributed by atoms with Crippen molar-refractivity contribution in [2.75, 3.05) is 0 Å². The molecule has 2 rings (SSSR count). The van der Waals surface area contributed by atoms with Crippen LogP contribution in [0.3, 0.4) is 0 Å². The molecule has 0 unspecified atom stereocenters. The van der Waals surface area contributed by atoms with Crippen LogP contribution in [0.2, 0.25) is 0 Å². The maximum Gasteiger partial charge on any atom is 0.286 e. The highest BCUT2D eigenvalue weighted by Gasteiger charge is 2.25. The highest BCUT2D eigenvalue weighted by atomic mass is 79.9. The number of halogens is 2. The van der Waals surface area contributed by atoms with Gasteiger partial charge in [-0.2, -0.15) is 0 Å². The topological polar surface area (TPSA) is 43.1 Å². The molecule has 3 nitrogen and oxygen atoms in total. The largest absolute Gasteiger partial charge is 0.286 e. The van der Waals surface area contributed by atoms with Crippen molar-refractivity contribution in [3.05, 3.63) is 37.6 Å². The van der Waals surface area contributed by atoms with Crippen molar-refractivity contribution in [2.45, 2.75) is 19.3 Å². The number of hydrogen-bond donors (Lipinski definition) is 0. The van der Waals surface area contributed by atoms with Gasteiger partial charge in [0.15, 0.2) is 0 Å². The Morgan fingerprint density at radius 2 is 2.07 bits per heavy atom. The van der Waals surface area contributed by atoms with E-state index in [0.717, 1.165) is 18.1 Å². The van der Waals surface area contributed by atoms with Gasteiger partial charge in [-0.15, -0.1) is 0 Å². The normalized spacial score (nSPS) is 14.1. The highest BCUT2D eigenvalue weighted by Crippen LogP contribution is 2.37. The molecule has 0 amide bonds. The summed E-state index contributed by atoms with van der Waals surface area (Å²) < 4.78 is 13.8. The first-order chi connectivity index (χ1) is 6.61. The van der Waals surface area contributed by atoms with E-state index in [4.69, 9.17) is 0 Å². The lowest BCUT2D eigenvalue weighted by Crippen LogP contribution is -1.97. The minimum atomic E-state index is -0.564. The number of nitro groups is 1. The van der Waals surface area contributed by atoms with Crippen molar-refractivity contribution in [2.24, 2.45) is 0 Å². The zero-order valence-corrected chi connectivity index (χ0v) is 8.80. The second kappa shape index (κ2) is 3.31. The van der Waals surface area contributed by atoms with Gasteiger partial charge < -0.3 is 0 Å². The summed E-state index contributed by atoms with van der Waals surface area (Å²) in [4.78, 5) is 10.0. The van der Waals surface area contributed by atoms with Gasteiger partial charge in [-0.05, 0) is 46.3 Å². The Balaban J connectivity index is 2.68. The van der Waals surface area contributed by atoms with E-state index in [1.165, 1.54) is 0 Å². The molecule has 1 aliphatic carbocycles. The van der Waals surface area contributed by atoms with Crippen molar-refractivity contribution < 1.29 is 9.31 Å². The summed E-state index contributed by atoms with van der Waals surface area (Å²) in [5.41, 5.74) is 1.21. The van der Waals surface area contributed by atoms with Gasteiger partial charge in [0.25, 0.3) is 5.69 Å². The van der Waals surface area contributed by atoms with Crippen LogP contribution in [0.4, 0.5) is 10.1 Å². The first-order valence-electron chi connectivity index (χ1n) is 4.25. The van der Waals surface area contributed by atoms with Crippen LogP contribution >= 0.6 is 15.9 Å². The van der Waals surface area contributed by atoms with E-state index in [9.17, 15) is 14.5 Å². The molecule has 0 bridgehead atoms. The summed E-state index contributed by atoms with van der Waals surface area (Å²) in [6.07, 6.45) is 2.26. The Hall–Kier alpha value is -0.970. The second-order valence-corrected chi connectivity index (χ2v) is 4.05. The number of hydrogen-bond acceptors (Lipinski definition) is 2. The summed E-state index contributed by atoms with van der Waals surface area (Å²) >= 11 is 3.16. The van der Waals surface area contributed by atoms with Gasteiger partial charge >= 0.3 is 0 Å². The number of nitro benzene ring substituents is 1. The van der Waals surface area contributed by atoms with Crippen molar-refractivity contribution in [1.29, 1.82) is 0 Å². The van der Waals surface area contributed by atoms with Crippen molar-refractivity contribution in [1.82, 2.24) is 0 Å². The molecular weight excluding hydrogens is 253 g/mol. The van der Waals surface area contributed by atoms with E-state index in [-0.39, 0.29) is 5.69 Å². The van der Waals surface area contributed by atoms with Crippen molar-refractivity contribution in [3.63, 3.8) is 0 Å². The predicted octanol–water partition coefficient (Wildman–Crippen LogP) is 2.99. The number of fused-ring (bicyclic) bond motifs is 1. The summed E-state index contributed by atoms with van der Waals surface area (Å²) in [6.45, 7) is 0. The lowest BCUT2D eigenvalue weighted by atomic mass is 10.1. The van der Waals surface area contributed by atoms with E-state index in [2.05, 4.69) is 15.9 Å². The molecule has 0 fully saturated rings.